The molecule has 24 heavy (non-hydrogen) atoms. The molecule has 1 N–H and O–H groups in total. The van der Waals surface area contributed by atoms with Gasteiger partial charge in [0.25, 0.3) is 0 Å². The summed E-state index contributed by atoms with van der Waals surface area (Å²) in [5, 5.41) is 4.43. The Morgan fingerprint density at radius 3 is 2.46 bits per heavy atom. The highest BCUT2D eigenvalue weighted by molar-refractivity contribution is 5.98. The molecule has 0 aliphatic heterocycles. The summed E-state index contributed by atoms with van der Waals surface area (Å²) in [5.41, 5.74) is 4.78. The number of hydrogen-bond donors (Lipinski definition) is 1. The van der Waals surface area contributed by atoms with Crippen molar-refractivity contribution in [3.05, 3.63) is 35.9 Å². The van der Waals surface area contributed by atoms with Gasteiger partial charge in [0, 0.05) is 29.5 Å². The number of amides is 1. The van der Waals surface area contributed by atoms with Crippen LogP contribution >= 0.6 is 0 Å². The Bertz CT molecular complexity index is 678. The van der Waals surface area contributed by atoms with Crippen LogP contribution in [0.2, 0.25) is 0 Å². The van der Waals surface area contributed by atoms with E-state index in [2.05, 4.69) is 31.3 Å². The van der Waals surface area contributed by atoms with E-state index in [-0.39, 0.29) is 35.4 Å². The number of carbonyl (C=O) groups is 2. The molecule has 0 radical (unpaired) electrons. The van der Waals surface area contributed by atoms with Crippen molar-refractivity contribution in [2.45, 2.75) is 52.9 Å². The van der Waals surface area contributed by atoms with E-state index in [1.165, 1.54) is 6.42 Å². The van der Waals surface area contributed by atoms with Crippen LogP contribution in [0.5, 0.6) is 0 Å². The molecule has 2 bridgehead atoms. The van der Waals surface area contributed by atoms with Gasteiger partial charge in [0.1, 0.15) is 0 Å². The van der Waals surface area contributed by atoms with Crippen LogP contribution in [0.25, 0.3) is 0 Å². The summed E-state index contributed by atoms with van der Waals surface area (Å²) in [6, 6.07) is 9.09. The first kappa shape index (κ1) is 16.9. The first-order valence-electron chi connectivity index (χ1n) is 8.79. The SMILES string of the molecule is CC1(C)[C@@H]2CC[C@]1(C)/C(=N/NC(=O)CCC(=O)c1ccccc1)C2. The lowest BCUT2D eigenvalue weighted by atomic mass is 9.70. The number of fused-ring (bicyclic) bond motifs is 2. The van der Waals surface area contributed by atoms with Crippen LogP contribution < -0.4 is 5.43 Å². The molecule has 2 atom stereocenters. The maximum absolute atomic E-state index is 12.0. The van der Waals surface area contributed by atoms with E-state index in [4.69, 9.17) is 0 Å². The molecule has 0 spiro atoms. The summed E-state index contributed by atoms with van der Waals surface area (Å²) in [7, 11) is 0. The first-order chi connectivity index (χ1) is 11.3. The molecule has 4 heteroatoms. The molecular formula is C20H26N2O2. The number of hydrazone groups is 1. The van der Waals surface area contributed by atoms with Gasteiger partial charge in [0.2, 0.25) is 5.91 Å². The van der Waals surface area contributed by atoms with E-state index in [0.717, 1.165) is 18.6 Å². The molecule has 2 fully saturated rings. The van der Waals surface area contributed by atoms with E-state index in [0.29, 0.717) is 11.5 Å². The van der Waals surface area contributed by atoms with Gasteiger partial charge in [-0.05, 0) is 30.6 Å². The van der Waals surface area contributed by atoms with E-state index in [1.807, 2.05) is 18.2 Å². The van der Waals surface area contributed by atoms with Crippen LogP contribution in [0.3, 0.4) is 0 Å². The molecule has 0 heterocycles. The van der Waals surface area contributed by atoms with Gasteiger partial charge >= 0.3 is 0 Å². The quantitative estimate of drug-likeness (QED) is 0.657. The lowest BCUT2D eigenvalue weighted by Crippen LogP contribution is -2.34. The third kappa shape index (κ3) is 2.79. The Morgan fingerprint density at radius 2 is 1.88 bits per heavy atom. The van der Waals surface area contributed by atoms with E-state index in [9.17, 15) is 9.59 Å². The Morgan fingerprint density at radius 1 is 1.17 bits per heavy atom. The minimum atomic E-state index is -0.184. The molecule has 1 aromatic carbocycles. The van der Waals surface area contributed by atoms with E-state index in [1.54, 1.807) is 12.1 Å². The Hall–Kier alpha value is -1.97. The zero-order valence-electron chi connectivity index (χ0n) is 14.8. The largest absolute Gasteiger partial charge is 0.294 e. The van der Waals surface area contributed by atoms with Gasteiger partial charge in [-0.2, -0.15) is 5.10 Å². The normalized spacial score (nSPS) is 29.0. The second kappa shape index (κ2) is 6.15. The average Bonchev–Trinajstić information content (AvgIpc) is 2.91. The summed E-state index contributed by atoms with van der Waals surface area (Å²) >= 11 is 0. The summed E-state index contributed by atoms with van der Waals surface area (Å²) in [6.07, 6.45) is 3.76. The molecule has 0 unspecified atom stereocenters. The minimum absolute atomic E-state index is 0.00794. The fourth-order valence-electron chi connectivity index (χ4n) is 4.28. The van der Waals surface area contributed by atoms with Gasteiger partial charge < -0.3 is 0 Å². The molecule has 2 aliphatic carbocycles. The third-order valence-corrected chi connectivity index (χ3v) is 6.50. The number of nitrogens with zero attached hydrogens (tertiary/aromatic N) is 1. The topological polar surface area (TPSA) is 58.5 Å². The monoisotopic (exact) mass is 326 g/mol. The molecule has 128 valence electrons. The maximum atomic E-state index is 12.0. The fourth-order valence-corrected chi connectivity index (χ4v) is 4.28. The lowest BCUT2D eigenvalue weighted by Gasteiger charge is -2.34. The summed E-state index contributed by atoms with van der Waals surface area (Å²) < 4.78 is 0. The number of carbonyl (C=O) groups excluding carboxylic acids is 2. The molecule has 4 nitrogen and oxygen atoms in total. The molecule has 3 rings (SSSR count). The zero-order valence-corrected chi connectivity index (χ0v) is 14.8. The number of ketones is 1. The van der Waals surface area contributed by atoms with Crippen LogP contribution in [0, 0.1) is 16.7 Å². The van der Waals surface area contributed by atoms with E-state index < -0.39 is 0 Å². The lowest BCUT2D eigenvalue weighted by molar-refractivity contribution is -0.121. The van der Waals surface area contributed by atoms with Gasteiger partial charge in [-0.25, -0.2) is 5.43 Å². The van der Waals surface area contributed by atoms with Crippen molar-refractivity contribution in [1.29, 1.82) is 0 Å². The molecule has 1 amide bonds. The molecule has 2 saturated carbocycles. The predicted octanol–water partition coefficient (Wildman–Crippen LogP) is 3.97. The Labute approximate surface area is 143 Å². The molecule has 1 aromatic rings. The number of benzene rings is 1. The van der Waals surface area contributed by atoms with Crippen LogP contribution in [-0.2, 0) is 4.79 Å². The molecule has 0 aromatic heterocycles. The van der Waals surface area contributed by atoms with Crippen molar-refractivity contribution in [3.8, 4) is 0 Å². The fraction of sp³-hybridized carbons (Fsp3) is 0.550. The smallest absolute Gasteiger partial charge is 0.240 e. The maximum Gasteiger partial charge on any atom is 0.240 e. The molecule has 2 aliphatic rings. The average molecular weight is 326 g/mol. The van der Waals surface area contributed by atoms with Gasteiger partial charge in [-0.1, -0.05) is 51.1 Å². The van der Waals surface area contributed by atoms with Crippen molar-refractivity contribution in [2.75, 3.05) is 0 Å². The summed E-state index contributed by atoms with van der Waals surface area (Å²) in [6.45, 7) is 6.89. The van der Waals surface area contributed by atoms with E-state index >= 15 is 0 Å². The number of Topliss-reactive ketones (excluding diaryl/α,β-unsaturated/α-hetero) is 1. The van der Waals surface area contributed by atoms with Crippen LogP contribution in [0.1, 0.15) is 63.2 Å². The molecular weight excluding hydrogens is 300 g/mol. The minimum Gasteiger partial charge on any atom is -0.294 e. The van der Waals surface area contributed by atoms with Gasteiger partial charge in [0.15, 0.2) is 5.78 Å². The highest BCUT2D eigenvalue weighted by Gasteiger charge is 2.59. The van der Waals surface area contributed by atoms with Crippen molar-refractivity contribution in [3.63, 3.8) is 0 Å². The van der Waals surface area contributed by atoms with Gasteiger partial charge in [-0.3, -0.25) is 9.59 Å². The van der Waals surface area contributed by atoms with Crippen molar-refractivity contribution in [1.82, 2.24) is 5.43 Å². The van der Waals surface area contributed by atoms with Crippen LogP contribution in [0.4, 0.5) is 0 Å². The standard InChI is InChI=1S/C20H26N2O2/c1-19(2)15-11-12-20(19,3)17(13-15)21-22-18(24)10-9-16(23)14-7-5-4-6-8-14/h4-8,15H,9-13H2,1-3H3,(H,22,24)/b21-17+/t15-,20-/m1/s1. The van der Waals surface area contributed by atoms with Crippen molar-refractivity contribution in [2.24, 2.45) is 21.8 Å². The van der Waals surface area contributed by atoms with Crippen molar-refractivity contribution < 1.29 is 9.59 Å². The highest BCUT2D eigenvalue weighted by Crippen LogP contribution is 2.63. The number of hydrogen-bond acceptors (Lipinski definition) is 3. The Balaban J connectivity index is 1.54. The summed E-state index contributed by atoms with van der Waals surface area (Å²) in [4.78, 5) is 24.1. The predicted molar refractivity (Wildman–Crippen MR) is 94.8 cm³/mol. The van der Waals surface area contributed by atoms with Crippen LogP contribution in [-0.4, -0.2) is 17.4 Å². The zero-order chi connectivity index (χ0) is 17.4. The highest BCUT2D eigenvalue weighted by atomic mass is 16.2. The second-order valence-corrected chi connectivity index (χ2v) is 7.88. The second-order valence-electron chi connectivity index (χ2n) is 7.88. The van der Waals surface area contributed by atoms with Crippen LogP contribution in [0.15, 0.2) is 35.4 Å². The van der Waals surface area contributed by atoms with Gasteiger partial charge in [-0.15, -0.1) is 0 Å². The number of rotatable bonds is 5. The first-order valence-corrected chi connectivity index (χ1v) is 8.79. The van der Waals surface area contributed by atoms with Gasteiger partial charge in [0.05, 0.1) is 0 Å². The Kier molecular flexibility index (Phi) is 4.33. The van der Waals surface area contributed by atoms with Crippen molar-refractivity contribution >= 4 is 17.4 Å². The number of nitrogens with one attached hydrogen (secondary N) is 1. The third-order valence-electron chi connectivity index (χ3n) is 6.50. The molecule has 0 saturated heterocycles. The summed E-state index contributed by atoms with van der Waals surface area (Å²) in [5.74, 6) is 0.472.